The lowest BCUT2D eigenvalue weighted by molar-refractivity contribution is 1.11. The molecule has 2 aromatic rings. The summed E-state index contributed by atoms with van der Waals surface area (Å²) in [6, 6.07) is 17.6. The highest BCUT2D eigenvalue weighted by Crippen LogP contribution is 2.31. The Kier molecular flexibility index (Phi) is 4.90. The van der Waals surface area contributed by atoms with Gasteiger partial charge in [-0.3, -0.25) is 0 Å². The molecule has 94 valence electrons. The molecule has 0 N–H and O–H groups in total. The van der Waals surface area contributed by atoms with Crippen LogP contribution in [0.25, 0.3) is 0 Å². The second-order valence-electron chi connectivity index (χ2n) is 4.23. The summed E-state index contributed by atoms with van der Waals surface area (Å²) >= 11 is 5.55. The van der Waals surface area contributed by atoms with Gasteiger partial charge in [0.05, 0.1) is 4.83 Å². The second-order valence-corrected chi connectivity index (χ2v) is 6.03. The molecule has 0 nitrogen and oxygen atoms in total. The van der Waals surface area contributed by atoms with E-state index in [9.17, 15) is 0 Å². The molecular weight excluding hydrogens is 304 g/mol. The minimum atomic E-state index is 0.277. The van der Waals surface area contributed by atoms with Crippen LogP contribution in [0.3, 0.4) is 0 Å². The first-order chi connectivity index (χ1) is 8.74. The van der Waals surface area contributed by atoms with Gasteiger partial charge < -0.3 is 0 Å². The van der Waals surface area contributed by atoms with Crippen LogP contribution in [0.1, 0.15) is 28.4 Å². The molecule has 0 saturated carbocycles. The van der Waals surface area contributed by atoms with Crippen LogP contribution in [0.5, 0.6) is 0 Å². The number of rotatable bonds is 4. The standard InChI is InChI=1S/C16H17BrS/c1-3-12-4-6-13(7-5-12)16(17)14-8-10-15(18-2)11-9-14/h4-11,16H,3H2,1-2H3. The van der Waals surface area contributed by atoms with Gasteiger partial charge >= 0.3 is 0 Å². The molecule has 0 aliphatic heterocycles. The van der Waals surface area contributed by atoms with E-state index in [1.165, 1.54) is 21.6 Å². The van der Waals surface area contributed by atoms with E-state index < -0.39 is 0 Å². The highest BCUT2D eigenvalue weighted by atomic mass is 79.9. The molecule has 0 radical (unpaired) electrons. The van der Waals surface area contributed by atoms with Crippen molar-refractivity contribution in [2.45, 2.75) is 23.1 Å². The Morgan fingerprint density at radius 2 is 1.44 bits per heavy atom. The van der Waals surface area contributed by atoms with Crippen LogP contribution in [0.2, 0.25) is 0 Å². The van der Waals surface area contributed by atoms with Gasteiger partial charge in [-0.05, 0) is 41.5 Å². The van der Waals surface area contributed by atoms with Gasteiger partial charge in [0.2, 0.25) is 0 Å². The normalized spacial score (nSPS) is 12.4. The van der Waals surface area contributed by atoms with Crippen LogP contribution < -0.4 is 0 Å². The van der Waals surface area contributed by atoms with Crippen molar-refractivity contribution >= 4 is 27.7 Å². The fourth-order valence-electron chi connectivity index (χ4n) is 1.89. The minimum absolute atomic E-state index is 0.277. The first-order valence-corrected chi connectivity index (χ1v) is 8.25. The summed E-state index contributed by atoms with van der Waals surface area (Å²) in [6.45, 7) is 2.18. The molecular formula is C16H17BrS. The SMILES string of the molecule is CCc1ccc(C(Br)c2ccc(SC)cc2)cc1. The van der Waals surface area contributed by atoms with E-state index in [1.807, 2.05) is 0 Å². The summed E-state index contributed by atoms with van der Waals surface area (Å²) in [4.78, 5) is 1.58. The Morgan fingerprint density at radius 3 is 1.89 bits per heavy atom. The third kappa shape index (κ3) is 3.18. The third-order valence-electron chi connectivity index (χ3n) is 3.09. The van der Waals surface area contributed by atoms with Crippen molar-refractivity contribution in [2.75, 3.05) is 6.26 Å². The Bertz CT molecular complexity index is 440. The van der Waals surface area contributed by atoms with Gasteiger partial charge in [-0.25, -0.2) is 0 Å². The molecule has 2 aromatic carbocycles. The Morgan fingerprint density at radius 1 is 0.944 bits per heavy atom. The number of alkyl halides is 1. The van der Waals surface area contributed by atoms with Gasteiger partial charge in [0.1, 0.15) is 0 Å². The monoisotopic (exact) mass is 320 g/mol. The third-order valence-corrected chi connectivity index (χ3v) is 4.89. The van der Waals surface area contributed by atoms with Crippen LogP contribution in [0, 0.1) is 0 Å². The summed E-state index contributed by atoms with van der Waals surface area (Å²) in [5.41, 5.74) is 4.00. The number of halogens is 1. The van der Waals surface area contributed by atoms with E-state index in [0.29, 0.717) is 0 Å². The molecule has 0 saturated heterocycles. The summed E-state index contributed by atoms with van der Waals surface area (Å²) < 4.78 is 0. The van der Waals surface area contributed by atoms with Crippen LogP contribution in [0.4, 0.5) is 0 Å². The molecule has 0 heterocycles. The maximum absolute atomic E-state index is 3.78. The van der Waals surface area contributed by atoms with Gasteiger partial charge in [-0.15, -0.1) is 11.8 Å². The number of benzene rings is 2. The molecule has 18 heavy (non-hydrogen) atoms. The van der Waals surface area contributed by atoms with Crippen LogP contribution in [0.15, 0.2) is 53.4 Å². The molecule has 1 atom stereocenters. The van der Waals surface area contributed by atoms with Gasteiger partial charge in [-0.2, -0.15) is 0 Å². The maximum Gasteiger partial charge on any atom is 0.0644 e. The molecule has 0 amide bonds. The van der Waals surface area contributed by atoms with E-state index in [2.05, 4.69) is 77.6 Å². The highest BCUT2D eigenvalue weighted by Gasteiger charge is 2.09. The molecule has 0 aliphatic carbocycles. The molecule has 0 spiro atoms. The van der Waals surface area contributed by atoms with Crippen LogP contribution in [-0.2, 0) is 6.42 Å². The van der Waals surface area contributed by atoms with Crippen LogP contribution in [-0.4, -0.2) is 6.26 Å². The topological polar surface area (TPSA) is 0 Å². The lowest BCUT2D eigenvalue weighted by Crippen LogP contribution is -1.93. The average molecular weight is 321 g/mol. The lowest BCUT2D eigenvalue weighted by Gasteiger charge is -2.11. The molecule has 0 aliphatic rings. The van der Waals surface area contributed by atoms with Crippen molar-refractivity contribution in [2.24, 2.45) is 0 Å². The van der Waals surface area contributed by atoms with E-state index in [4.69, 9.17) is 0 Å². The van der Waals surface area contributed by atoms with Gasteiger partial charge in [0, 0.05) is 4.90 Å². The van der Waals surface area contributed by atoms with E-state index in [0.717, 1.165) is 6.42 Å². The van der Waals surface area contributed by atoms with Crippen molar-refractivity contribution in [3.05, 3.63) is 65.2 Å². The Hall–Kier alpha value is -0.730. The van der Waals surface area contributed by atoms with E-state index in [-0.39, 0.29) is 4.83 Å². The smallest absolute Gasteiger partial charge is 0.0644 e. The number of aryl methyl sites for hydroxylation is 1. The van der Waals surface area contributed by atoms with Crippen molar-refractivity contribution in [1.82, 2.24) is 0 Å². The number of thioether (sulfide) groups is 1. The summed E-state index contributed by atoms with van der Waals surface area (Å²) in [7, 11) is 0. The summed E-state index contributed by atoms with van der Waals surface area (Å²) in [5.74, 6) is 0. The minimum Gasteiger partial charge on any atom is -0.130 e. The van der Waals surface area contributed by atoms with E-state index >= 15 is 0 Å². The lowest BCUT2D eigenvalue weighted by atomic mass is 10.0. The fraction of sp³-hybridized carbons (Fsp3) is 0.250. The molecule has 0 fully saturated rings. The molecule has 2 rings (SSSR count). The second kappa shape index (κ2) is 6.44. The molecule has 1 unspecified atom stereocenters. The van der Waals surface area contributed by atoms with Gasteiger partial charge in [0.15, 0.2) is 0 Å². The van der Waals surface area contributed by atoms with Gasteiger partial charge in [0.25, 0.3) is 0 Å². The first kappa shape index (κ1) is 13.7. The van der Waals surface area contributed by atoms with Gasteiger partial charge in [-0.1, -0.05) is 59.3 Å². The zero-order valence-corrected chi connectivity index (χ0v) is 13.1. The predicted octanol–water partition coefficient (Wildman–Crippen LogP) is 5.46. The first-order valence-electron chi connectivity index (χ1n) is 6.11. The number of hydrogen-bond donors (Lipinski definition) is 0. The van der Waals surface area contributed by atoms with E-state index in [1.54, 1.807) is 11.8 Å². The van der Waals surface area contributed by atoms with Crippen molar-refractivity contribution in [1.29, 1.82) is 0 Å². The highest BCUT2D eigenvalue weighted by molar-refractivity contribution is 9.09. The maximum atomic E-state index is 3.78. The largest absolute Gasteiger partial charge is 0.130 e. The molecule has 2 heteroatoms. The number of hydrogen-bond acceptors (Lipinski definition) is 1. The van der Waals surface area contributed by atoms with Crippen molar-refractivity contribution in [3.63, 3.8) is 0 Å². The fourth-order valence-corrected chi connectivity index (χ4v) is 2.91. The average Bonchev–Trinajstić information content (AvgIpc) is 2.47. The Balaban J connectivity index is 2.20. The van der Waals surface area contributed by atoms with Crippen LogP contribution >= 0.6 is 27.7 Å². The summed E-state index contributed by atoms with van der Waals surface area (Å²) in [6.07, 6.45) is 3.19. The molecule has 0 aromatic heterocycles. The zero-order valence-electron chi connectivity index (χ0n) is 10.7. The Labute approximate surface area is 122 Å². The van der Waals surface area contributed by atoms with Crippen molar-refractivity contribution in [3.8, 4) is 0 Å². The molecule has 0 bridgehead atoms. The summed E-state index contributed by atoms with van der Waals surface area (Å²) in [5, 5.41) is 0. The predicted molar refractivity (Wildman–Crippen MR) is 84.8 cm³/mol. The quantitative estimate of drug-likeness (QED) is 0.532. The van der Waals surface area contributed by atoms with Crippen molar-refractivity contribution < 1.29 is 0 Å². The zero-order chi connectivity index (χ0) is 13.0.